The van der Waals surface area contributed by atoms with Gasteiger partial charge in [-0.15, -0.1) is 23.5 Å². The van der Waals surface area contributed by atoms with Crippen molar-refractivity contribution in [1.29, 1.82) is 0 Å². The first-order valence-electron chi connectivity index (χ1n) is 24.7. The van der Waals surface area contributed by atoms with Gasteiger partial charge in [-0.2, -0.15) is 13.5 Å². The summed E-state index contributed by atoms with van der Waals surface area (Å²) in [6.45, 7) is 0.878. The van der Waals surface area contributed by atoms with Crippen molar-refractivity contribution >= 4 is 60.6 Å². The molecule has 2 aromatic heterocycles. The van der Waals surface area contributed by atoms with Gasteiger partial charge >= 0.3 is 0 Å². The minimum Gasteiger partial charge on any atom is -0.502 e. The molecular weight excluding hydrogens is 1060 g/mol. The number of nitrogens with zero attached hydrogens (tertiary/aromatic N) is 8. The van der Waals surface area contributed by atoms with E-state index in [1.165, 1.54) is 57.4 Å². The molecule has 6 atom stereocenters. The molecule has 4 amide bonds. The molecule has 0 spiro atoms. The highest BCUT2D eigenvalue weighted by Crippen LogP contribution is 2.48. The van der Waals surface area contributed by atoms with Gasteiger partial charge in [0.1, 0.15) is 12.3 Å². The number of halogens is 4. The SMILES string of the molecule is O=C1c2c(O)c(=O)ccn2N(C2c3ccccc3SCc3c2ccc(F)c3F)C2CN3C(=O)CC[C@@H]3CN12.O=C1c2c(O)c(=O)ccn2N(C2c3ccccc3SCc3c2ccc(F)c3F)C2CN3C(=O)CC[C@H]3CN12.S. The normalized spacial score (nSPS) is 23.5. The molecule has 4 saturated heterocycles. The molecule has 77 heavy (non-hydrogen) atoms. The van der Waals surface area contributed by atoms with Crippen LogP contribution in [0.15, 0.2) is 117 Å². The summed E-state index contributed by atoms with van der Waals surface area (Å²) in [4.78, 5) is 86.3. The Labute approximate surface area is 451 Å². The van der Waals surface area contributed by atoms with Crippen molar-refractivity contribution in [3.05, 3.63) is 186 Å². The first-order valence-corrected chi connectivity index (χ1v) is 26.7. The fraction of sp³-hybridized carbons (Fsp3) is 0.296. The molecule has 16 nitrogen and oxygen atoms in total. The number of carbonyl (C=O) groups is 4. The molecule has 2 N–H and O–H groups in total. The third-order valence-electron chi connectivity index (χ3n) is 16.1. The topological polar surface area (TPSA) is 172 Å². The van der Waals surface area contributed by atoms with E-state index in [0.717, 1.165) is 33.1 Å². The van der Waals surface area contributed by atoms with Gasteiger partial charge in [0.25, 0.3) is 11.8 Å². The molecule has 0 bridgehead atoms. The Bertz CT molecular complexity index is 3430. The molecule has 0 saturated carbocycles. The predicted octanol–water partition coefficient (Wildman–Crippen LogP) is 6.02. The smallest absolute Gasteiger partial charge is 0.278 e. The minimum atomic E-state index is -0.950. The summed E-state index contributed by atoms with van der Waals surface area (Å²) >= 11 is 2.78. The molecule has 8 aliphatic heterocycles. The van der Waals surface area contributed by atoms with E-state index < -0.39 is 81.9 Å². The lowest BCUT2D eigenvalue weighted by atomic mass is 9.92. The number of amides is 4. The number of aromatic hydroxyl groups is 2. The molecule has 8 aliphatic rings. The molecule has 14 rings (SSSR count). The van der Waals surface area contributed by atoms with Crippen LogP contribution >= 0.6 is 37.0 Å². The molecule has 6 aromatic rings. The lowest BCUT2D eigenvalue weighted by Crippen LogP contribution is -2.70. The van der Waals surface area contributed by atoms with Crippen molar-refractivity contribution in [3.8, 4) is 11.5 Å². The Morgan fingerprint density at radius 1 is 0.481 bits per heavy atom. The van der Waals surface area contributed by atoms with E-state index in [0.29, 0.717) is 36.8 Å². The highest BCUT2D eigenvalue weighted by Gasteiger charge is 2.53. The first-order chi connectivity index (χ1) is 36.7. The molecule has 0 radical (unpaired) electrons. The second kappa shape index (κ2) is 19.0. The molecule has 4 aromatic carbocycles. The van der Waals surface area contributed by atoms with E-state index >= 15 is 8.78 Å². The van der Waals surface area contributed by atoms with Gasteiger partial charge in [-0.3, -0.25) is 48.1 Å². The summed E-state index contributed by atoms with van der Waals surface area (Å²) in [7, 11) is 0. The summed E-state index contributed by atoms with van der Waals surface area (Å²) < 4.78 is 62.2. The molecule has 23 heteroatoms. The molecule has 396 valence electrons. The van der Waals surface area contributed by atoms with Crippen molar-refractivity contribution < 1.29 is 47.0 Å². The maximum Gasteiger partial charge on any atom is 0.278 e. The number of carbonyl (C=O) groups excluding carboxylic acids is 4. The van der Waals surface area contributed by atoms with Crippen LogP contribution in [0.1, 0.15) is 92.1 Å². The highest BCUT2D eigenvalue weighted by atomic mass is 32.2. The zero-order valence-corrected chi connectivity index (χ0v) is 43.2. The molecule has 10 heterocycles. The predicted molar refractivity (Wildman–Crippen MR) is 279 cm³/mol. The average molecular weight is 1110 g/mol. The largest absolute Gasteiger partial charge is 0.502 e. The van der Waals surface area contributed by atoms with Crippen LogP contribution in [-0.2, 0) is 21.1 Å². The number of piperazine rings is 2. The van der Waals surface area contributed by atoms with Crippen LogP contribution in [-0.4, -0.2) is 113 Å². The van der Waals surface area contributed by atoms with Crippen LogP contribution in [0.3, 0.4) is 0 Å². The monoisotopic (exact) mass is 1110 g/mol. The number of thioether (sulfide) groups is 2. The Kier molecular flexibility index (Phi) is 12.4. The van der Waals surface area contributed by atoms with Crippen LogP contribution in [0.5, 0.6) is 11.5 Å². The number of hydrogen-bond acceptors (Lipinski definition) is 12. The van der Waals surface area contributed by atoms with Gasteiger partial charge in [0.2, 0.25) is 22.7 Å². The number of aromatic nitrogens is 2. The second-order valence-corrected chi connectivity index (χ2v) is 21.9. The summed E-state index contributed by atoms with van der Waals surface area (Å²) in [6, 6.07) is 20.9. The van der Waals surface area contributed by atoms with Crippen LogP contribution in [0, 0.1) is 23.3 Å². The fourth-order valence-electron chi connectivity index (χ4n) is 12.5. The quantitative estimate of drug-likeness (QED) is 0.194. The van der Waals surface area contributed by atoms with Crippen molar-refractivity contribution in [2.75, 3.05) is 36.2 Å². The van der Waals surface area contributed by atoms with Crippen molar-refractivity contribution in [3.63, 3.8) is 0 Å². The van der Waals surface area contributed by atoms with E-state index in [2.05, 4.69) is 0 Å². The third-order valence-corrected chi connectivity index (χ3v) is 18.3. The second-order valence-electron chi connectivity index (χ2n) is 19.9. The van der Waals surface area contributed by atoms with Crippen LogP contribution in [0.25, 0.3) is 0 Å². The first kappa shape index (κ1) is 50.4. The Morgan fingerprint density at radius 3 is 1.30 bits per heavy atom. The Morgan fingerprint density at radius 2 is 0.883 bits per heavy atom. The summed E-state index contributed by atoms with van der Waals surface area (Å²) in [5.74, 6) is -5.74. The van der Waals surface area contributed by atoms with E-state index in [-0.39, 0.29) is 97.6 Å². The Balaban J connectivity index is 0.000000153. The molecule has 4 unspecified atom stereocenters. The van der Waals surface area contributed by atoms with E-state index in [9.17, 15) is 47.8 Å². The maximum absolute atomic E-state index is 15.3. The van der Waals surface area contributed by atoms with Gasteiger partial charge in [-0.05, 0) is 59.4 Å². The molecule has 4 fully saturated rings. The summed E-state index contributed by atoms with van der Waals surface area (Å²) in [6.07, 6.45) is 3.46. The van der Waals surface area contributed by atoms with Gasteiger partial charge in [-0.25, -0.2) is 17.6 Å². The van der Waals surface area contributed by atoms with Gasteiger partial charge in [0.05, 0.1) is 37.3 Å². The van der Waals surface area contributed by atoms with Crippen LogP contribution in [0.2, 0.25) is 0 Å². The average Bonchev–Trinajstić information content (AvgIpc) is 3.86. The van der Waals surface area contributed by atoms with Crippen molar-refractivity contribution in [1.82, 2.24) is 29.0 Å². The van der Waals surface area contributed by atoms with Gasteiger partial charge in [0.15, 0.2) is 46.2 Å². The standard InChI is InChI=1S/2C27H22F2N4O4S.H2S/c2*28-18-7-6-15-17(23(18)29)13-38-20-4-2-1-3-16(20)24(15)33-21-12-30-14(5-8-22(30)35)11-31(21)27(37)25-26(36)19(34)9-10-32(25)33;/h2*1-4,6-7,9-10,14,21,24,36H,5,8,11-13H2;1H2/t2*14-,21?,24?;/m10./s1. The molecule has 0 aliphatic carbocycles. The van der Waals surface area contributed by atoms with E-state index in [4.69, 9.17) is 0 Å². The van der Waals surface area contributed by atoms with Gasteiger partial charge < -0.3 is 29.8 Å². The minimum absolute atomic E-state index is 0. The number of hydrogen-bond donors (Lipinski definition) is 2. The zero-order chi connectivity index (χ0) is 52.6. The van der Waals surface area contributed by atoms with E-state index in [1.807, 2.05) is 58.5 Å². The van der Waals surface area contributed by atoms with Crippen LogP contribution in [0.4, 0.5) is 17.6 Å². The number of rotatable bonds is 2. The molecular formula is C54H46F4N8O8S3. The lowest BCUT2D eigenvalue weighted by Gasteiger charge is -2.54. The highest BCUT2D eigenvalue weighted by molar-refractivity contribution is 7.98. The zero-order valence-electron chi connectivity index (χ0n) is 40.5. The van der Waals surface area contributed by atoms with Crippen molar-refractivity contribution in [2.24, 2.45) is 0 Å². The van der Waals surface area contributed by atoms with E-state index in [1.54, 1.807) is 31.7 Å². The number of fused-ring (bicyclic) bond motifs is 10. The number of pyridine rings is 2. The summed E-state index contributed by atoms with van der Waals surface area (Å²) in [5, 5.41) is 25.2. The lowest BCUT2D eigenvalue weighted by molar-refractivity contribution is -0.132. The van der Waals surface area contributed by atoms with Gasteiger partial charge in [0, 0.05) is 82.9 Å². The number of benzene rings is 4. The van der Waals surface area contributed by atoms with Crippen molar-refractivity contribution in [2.45, 2.75) is 83.5 Å². The van der Waals surface area contributed by atoms with Crippen LogP contribution < -0.4 is 20.9 Å². The third kappa shape index (κ3) is 7.72. The maximum atomic E-state index is 15.3. The summed E-state index contributed by atoms with van der Waals surface area (Å²) in [5.41, 5.74) is 1.27. The Hall–Kier alpha value is -7.37. The van der Waals surface area contributed by atoms with Gasteiger partial charge in [-0.1, -0.05) is 48.5 Å². The fourth-order valence-corrected chi connectivity index (χ4v) is 14.7.